The summed E-state index contributed by atoms with van der Waals surface area (Å²) in [4.78, 5) is 3.91. The molecule has 0 aliphatic carbocycles. The molecule has 1 atom stereocenters. The molecule has 1 rings (SSSR count). The molecule has 0 aliphatic heterocycles. The molecule has 1 heterocycles. The lowest BCUT2D eigenvalue weighted by Gasteiger charge is -2.14. The quantitative estimate of drug-likeness (QED) is 0.452. The smallest absolute Gasteiger partial charge is 0.0637 e. The van der Waals surface area contributed by atoms with E-state index in [0.29, 0.717) is 11.4 Å². The van der Waals surface area contributed by atoms with E-state index in [1.807, 2.05) is 6.07 Å². The summed E-state index contributed by atoms with van der Waals surface area (Å²) in [7, 11) is 0. The highest BCUT2D eigenvalue weighted by Crippen LogP contribution is 2.22. The van der Waals surface area contributed by atoms with Gasteiger partial charge in [-0.15, -0.1) is 11.8 Å². The summed E-state index contributed by atoms with van der Waals surface area (Å²) < 4.78 is 0. The molecule has 74 valence electrons. The van der Waals surface area contributed by atoms with Crippen LogP contribution in [-0.2, 0) is 0 Å². The van der Waals surface area contributed by atoms with Gasteiger partial charge in [0.15, 0.2) is 0 Å². The molecule has 0 bridgehead atoms. The van der Waals surface area contributed by atoms with Gasteiger partial charge in [-0.2, -0.15) is 0 Å². The highest BCUT2D eigenvalue weighted by molar-refractivity contribution is 6.31. The van der Waals surface area contributed by atoms with Gasteiger partial charge in [-0.3, -0.25) is 16.3 Å². The average Bonchev–Trinajstić information content (AvgIpc) is 2.21. The van der Waals surface area contributed by atoms with Crippen molar-refractivity contribution in [3.8, 4) is 11.8 Å². The first-order valence-electron chi connectivity index (χ1n) is 4.24. The minimum Gasteiger partial charge on any atom is -0.271 e. The summed E-state index contributed by atoms with van der Waals surface area (Å²) in [6.45, 7) is 1.79. The van der Waals surface area contributed by atoms with Crippen molar-refractivity contribution >= 4 is 11.6 Å². The Bertz CT molecular complexity index is 354. The van der Waals surface area contributed by atoms with Gasteiger partial charge in [0.2, 0.25) is 0 Å². The lowest BCUT2D eigenvalue weighted by molar-refractivity contribution is 0.567. The fourth-order valence-electron chi connectivity index (χ4n) is 1.13. The Kier molecular flexibility index (Phi) is 4.41. The van der Waals surface area contributed by atoms with Crippen molar-refractivity contribution in [3.05, 3.63) is 29.0 Å². The van der Waals surface area contributed by atoms with Crippen LogP contribution in [-0.4, -0.2) is 4.98 Å². The Morgan fingerprint density at radius 1 is 1.71 bits per heavy atom. The molecule has 0 aromatic carbocycles. The third-order valence-corrected chi connectivity index (χ3v) is 2.18. The molecule has 4 heteroatoms. The van der Waals surface area contributed by atoms with Gasteiger partial charge in [0, 0.05) is 18.8 Å². The summed E-state index contributed by atoms with van der Waals surface area (Å²) in [6, 6.07) is 1.79. The zero-order valence-corrected chi connectivity index (χ0v) is 8.67. The maximum absolute atomic E-state index is 5.97. The Hall–Kier alpha value is -1.08. The number of aromatic nitrogens is 1. The standard InChI is InChI=1S/C10H12ClN3/c1-2-3-4-10(14-12)8-5-6-13-7-9(8)11/h5-7,10,14H,4,12H2,1H3. The fraction of sp³-hybridized carbons (Fsp3) is 0.300. The van der Waals surface area contributed by atoms with E-state index in [1.54, 1.807) is 19.3 Å². The van der Waals surface area contributed by atoms with Gasteiger partial charge in [-0.1, -0.05) is 11.6 Å². The highest BCUT2D eigenvalue weighted by Gasteiger charge is 2.11. The van der Waals surface area contributed by atoms with Gasteiger partial charge < -0.3 is 0 Å². The zero-order chi connectivity index (χ0) is 10.4. The van der Waals surface area contributed by atoms with E-state index in [-0.39, 0.29) is 6.04 Å². The summed E-state index contributed by atoms with van der Waals surface area (Å²) in [5.74, 6) is 11.2. The predicted octanol–water partition coefficient (Wildman–Crippen LogP) is 1.65. The summed E-state index contributed by atoms with van der Waals surface area (Å²) in [5.41, 5.74) is 3.60. The van der Waals surface area contributed by atoms with Gasteiger partial charge >= 0.3 is 0 Å². The molecule has 14 heavy (non-hydrogen) atoms. The molecule has 0 radical (unpaired) electrons. The number of rotatable bonds is 3. The molecule has 0 amide bonds. The fourth-order valence-corrected chi connectivity index (χ4v) is 1.38. The summed E-state index contributed by atoms with van der Waals surface area (Å²) >= 11 is 5.97. The number of hydrogen-bond donors (Lipinski definition) is 2. The van der Waals surface area contributed by atoms with Gasteiger partial charge in [0.1, 0.15) is 0 Å². The van der Waals surface area contributed by atoms with Crippen molar-refractivity contribution in [2.24, 2.45) is 5.84 Å². The number of nitrogens with two attached hydrogens (primary N) is 1. The molecule has 1 aromatic heterocycles. The van der Waals surface area contributed by atoms with Crippen LogP contribution in [0.2, 0.25) is 5.02 Å². The van der Waals surface area contributed by atoms with Crippen molar-refractivity contribution < 1.29 is 0 Å². The normalized spacial score (nSPS) is 11.6. The number of halogens is 1. The van der Waals surface area contributed by atoms with Gasteiger partial charge in [0.05, 0.1) is 11.1 Å². The Labute approximate surface area is 88.6 Å². The van der Waals surface area contributed by atoms with Crippen molar-refractivity contribution in [2.75, 3.05) is 0 Å². The maximum atomic E-state index is 5.97. The Morgan fingerprint density at radius 2 is 2.50 bits per heavy atom. The van der Waals surface area contributed by atoms with Crippen LogP contribution >= 0.6 is 11.6 Å². The average molecular weight is 210 g/mol. The summed E-state index contributed by atoms with van der Waals surface area (Å²) in [5, 5.41) is 0.605. The number of nitrogens with one attached hydrogen (secondary N) is 1. The highest BCUT2D eigenvalue weighted by atomic mass is 35.5. The SMILES string of the molecule is CC#CCC(NN)c1ccncc1Cl. The minimum atomic E-state index is -0.0436. The molecule has 0 saturated carbocycles. The third-order valence-electron chi connectivity index (χ3n) is 1.86. The van der Waals surface area contributed by atoms with Gasteiger partial charge in [-0.25, -0.2) is 0 Å². The van der Waals surface area contributed by atoms with Crippen molar-refractivity contribution in [3.63, 3.8) is 0 Å². The van der Waals surface area contributed by atoms with E-state index in [4.69, 9.17) is 17.4 Å². The Balaban J connectivity index is 2.87. The topological polar surface area (TPSA) is 50.9 Å². The van der Waals surface area contributed by atoms with Crippen molar-refractivity contribution in [1.82, 2.24) is 10.4 Å². The van der Waals surface area contributed by atoms with E-state index in [0.717, 1.165) is 5.56 Å². The molecule has 3 nitrogen and oxygen atoms in total. The second kappa shape index (κ2) is 5.61. The predicted molar refractivity (Wildman–Crippen MR) is 57.4 cm³/mol. The largest absolute Gasteiger partial charge is 0.271 e. The van der Waals surface area contributed by atoms with E-state index in [1.165, 1.54) is 0 Å². The second-order valence-electron chi connectivity index (χ2n) is 2.75. The molecule has 0 aliphatic rings. The molecular formula is C10H12ClN3. The molecular weight excluding hydrogens is 198 g/mol. The zero-order valence-electron chi connectivity index (χ0n) is 7.92. The van der Waals surface area contributed by atoms with Crippen molar-refractivity contribution in [2.45, 2.75) is 19.4 Å². The van der Waals surface area contributed by atoms with Crippen molar-refractivity contribution in [1.29, 1.82) is 0 Å². The lowest BCUT2D eigenvalue weighted by atomic mass is 10.1. The van der Waals surface area contributed by atoms with E-state index in [9.17, 15) is 0 Å². The number of pyridine rings is 1. The molecule has 1 unspecified atom stereocenters. The first-order valence-corrected chi connectivity index (χ1v) is 4.62. The molecule has 0 spiro atoms. The van der Waals surface area contributed by atoms with E-state index in [2.05, 4.69) is 22.3 Å². The molecule has 1 aromatic rings. The Morgan fingerprint density at radius 3 is 3.07 bits per heavy atom. The van der Waals surface area contributed by atoms with Crippen LogP contribution in [0.3, 0.4) is 0 Å². The van der Waals surface area contributed by atoms with Crippen LogP contribution in [0, 0.1) is 11.8 Å². The number of hydrogen-bond acceptors (Lipinski definition) is 3. The lowest BCUT2D eigenvalue weighted by Crippen LogP contribution is -2.27. The number of hydrazine groups is 1. The van der Waals surface area contributed by atoms with Crippen LogP contribution in [0.5, 0.6) is 0 Å². The van der Waals surface area contributed by atoms with E-state index < -0.39 is 0 Å². The summed E-state index contributed by atoms with van der Waals surface area (Å²) in [6.07, 6.45) is 3.92. The minimum absolute atomic E-state index is 0.0436. The first-order chi connectivity index (χ1) is 6.79. The monoisotopic (exact) mass is 209 g/mol. The van der Waals surface area contributed by atoms with Crippen LogP contribution in [0.25, 0.3) is 0 Å². The third kappa shape index (κ3) is 2.71. The maximum Gasteiger partial charge on any atom is 0.0637 e. The number of nitrogens with zero attached hydrogens (tertiary/aromatic N) is 1. The molecule has 0 fully saturated rings. The first kappa shape index (κ1) is 11.0. The molecule has 3 N–H and O–H groups in total. The van der Waals surface area contributed by atoms with Gasteiger partial charge in [0.25, 0.3) is 0 Å². The molecule has 0 saturated heterocycles. The van der Waals surface area contributed by atoms with Crippen LogP contribution in [0.4, 0.5) is 0 Å². The van der Waals surface area contributed by atoms with Crippen LogP contribution in [0.15, 0.2) is 18.5 Å². The van der Waals surface area contributed by atoms with Crippen LogP contribution < -0.4 is 11.3 Å². The van der Waals surface area contributed by atoms with Gasteiger partial charge in [-0.05, 0) is 18.6 Å². The van der Waals surface area contributed by atoms with E-state index >= 15 is 0 Å². The second-order valence-corrected chi connectivity index (χ2v) is 3.15. The van der Waals surface area contributed by atoms with Crippen LogP contribution in [0.1, 0.15) is 24.9 Å².